The third-order valence-electron chi connectivity index (χ3n) is 2.98. The normalized spacial score (nSPS) is 11.9. The first-order chi connectivity index (χ1) is 9.71. The fraction of sp³-hybridized carbons (Fsp3) is 0.286. The molecule has 0 aliphatic rings. The van der Waals surface area contributed by atoms with Crippen molar-refractivity contribution in [1.82, 2.24) is 9.78 Å². The molecule has 0 aliphatic carbocycles. The highest BCUT2D eigenvalue weighted by molar-refractivity contribution is 9.10. The van der Waals surface area contributed by atoms with Crippen LogP contribution in [0.4, 0.5) is 0 Å². The number of hydrogen-bond acceptors (Lipinski definition) is 4. The number of rotatable bonds is 4. The molecule has 0 radical (unpaired) electrons. The molecule has 0 N–H and O–H groups in total. The Morgan fingerprint density at radius 1 is 1.33 bits per heavy atom. The Hall–Kier alpha value is -1.47. The lowest BCUT2D eigenvalue weighted by atomic mass is 10.1. The minimum absolute atomic E-state index is 0.0216. The number of carbonyl (C=O) groups is 1. The Balaban J connectivity index is 2.54. The van der Waals surface area contributed by atoms with Crippen molar-refractivity contribution < 1.29 is 13.2 Å². The second-order valence-corrected chi connectivity index (χ2v) is 7.88. The molecule has 0 bridgehead atoms. The van der Waals surface area contributed by atoms with Crippen molar-refractivity contribution in [2.24, 2.45) is 0 Å². The smallest absolute Gasteiger partial charge is 0.212 e. The number of benzene rings is 1. The Bertz CT molecular complexity index is 794. The molecule has 1 aromatic heterocycles. The summed E-state index contributed by atoms with van der Waals surface area (Å²) in [6.45, 7) is 3.84. The van der Waals surface area contributed by atoms with E-state index in [1.54, 1.807) is 23.0 Å². The van der Waals surface area contributed by atoms with Gasteiger partial charge in [0.05, 0.1) is 15.6 Å². The Morgan fingerprint density at radius 3 is 2.57 bits per heavy atom. The highest BCUT2D eigenvalue weighted by Gasteiger charge is 2.21. The van der Waals surface area contributed by atoms with Crippen LogP contribution in [0.25, 0.3) is 0 Å². The van der Waals surface area contributed by atoms with Gasteiger partial charge < -0.3 is 0 Å². The average molecular weight is 371 g/mol. The van der Waals surface area contributed by atoms with Crippen molar-refractivity contribution in [3.63, 3.8) is 0 Å². The summed E-state index contributed by atoms with van der Waals surface area (Å²) in [5.74, 6) is -0.265. The predicted molar refractivity (Wildman–Crippen MR) is 83.3 cm³/mol. The number of hydrogen-bond donors (Lipinski definition) is 0. The van der Waals surface area contributed by atoms with Gasteiger partial charge in [0.1, 0.15) is 5.69 Å². The van der Waals surface area contributed by atoms with E-state index in [0.29, 0.717) is 15.7 Å². The zero-order chi connectivity index (χ0) is 15.8. The molecule has 21 heavy (non-hydrogen) atoms. The van der Waals surface area contributed by atoms with Gasteiger partial charge in [0.2, 0.25) is 5.78 Å². The van der Waals surface area contributed by atoms with Crippen LogP contribution in [-0.4, -0.2) is 30.2 Å². The monoisotopic (exact) mass is 370 g/mol. The molecule has 0 spiro atoms. The number of carbonyl (C=O) groups excluding carboxylic acids is 1. The molecule has 0 atom stereocenters. The lowest BCUT2D eigenvalue weighted by molar-refractivity contribution is 0.102. The number of sulfone groups is 1. The molecule has 0 unspecified atom stereocenters. The number of ketones is 1. The highest BCUT2D eigenvalue weighted by Crippen LogP contribution is 2.23. The molecule has 2 aromatic rings. The minimum Gasteiger partial charge on any atom is -0.287 e. The van der Waals surface area contributed by atoms with E-state index in [-0.39, 0.29) is 16.7 Å². The summed E-state index contributed by atoms with van der Waals surface area (Å²) >= 11 is 3.32. The Kier molecular flexibility index (Phi) is 4.34. The van der Waals surface area contributed by atoms with Crippen LogP contribution in [0.5, 0.6) is 0 Å². The predicted octanol–water partition coefficient (Wildman–Crippen LogP) is 2.86. The molecule has 0 fully saturated rings. The second kappa shape index (κ2) is 5.73. The zero-order valence-corrected chi connectivity index (χ0v) is 14.3. The first-order valence-electron chi connectivity index (χ1n) is 6.29. The SMILES string of the molecule is CC(C)n1ncc(Br)c1C(=O)c1cccc(S(C)(=O)=O)c1. The molecule has 0 saturated carbocycles. The van der Waals surface area contributed by atoms with Gasteiger partial charge in [-0.15, -0.1) is 0 Å². The van der Waals surface area contributed by atoms with Gasteiger partial charge in [0.15, 0.2) is 9.84 Å². The van der Waals surface area contributed by atoms with Crippen LogP contribution in [0.1, 0.15) is 35.9 Å². The van der Waals surface area contributed by atoms with E-state index in [1.165, 1.54) is 12.1 Å². The molecule has 112 valence electrons. The second-order valence-electron chi connectivity index (χ2n) is 5.01. The van der Waals surface area contributed by atoms with Crippen LogP contribution in [0.2, 0.25) is 0 Å². The van der Waals surface area contributed by atoms with Gasteiger partial charge in [-0.2, -0.15) is 5.10 Å². The molecule has 7 heteroatoms. The summed E-state index contributed by atoms with van der Waals surface area (Å²) in [5.41, 5.74) is 0.733. The minimum atomic E-state index is -3.35. The van der Waals surface area contributed by atoms with Crippen LogP contribution < -0.4 is 0 Å². The van der Waals surface area contributed by atoms with Gasteiger partial charge in [-0.05, 0) is 41.9 Å². The van der Waals surface area contributed by atoms with E-state index in [1.807, 2.05) is 13.8 Å². The van der Waals surface area contributed by atoms with Crippen molar-refractivity contribution in [3.05, 3.63) is 46.2 Å². The zero-order valence-electron chi connectivity index (χ0n) is 11.9. The Labute approximate surface area is 132 Å². The van der Waals surface area contributed by atoms with E-state index in [9.17, 15) is 13.2 Å². The summed E-state index contributed by atoms with van der Waals surface area (Å²) in [4.78, 5) is 12.8. The number of nitrogens with zero attached hydrogens (tertiary/aromatic N) is 2. The number of aromatic nitrogens is 2. The molecule has 1 heterocycles. The largest absolute Gasteiger partial charge is 0.287 e. The number of halogens is 1. The lowest BCUT2D eigenvalue weighted by Crippen LogP contribution is -2.14. The van der Waals surface area contributed by atoms with Crippen molar-refractivity contribution in [2.45, 2.75) is 24.8 Å². The van der Waals surface area contributed by atoms with E-state index in [4.69, 9.17) is 0 Å². The molecule has 0 saturated heterocycles. The molecule has 0 aliphatic heterocycles. The standard InChI is InChI=1S/C14H15BrN2O3S/c1-9(2)17-13(12(15)8-16-17)14(18)10-5-4-6-11(7-10)21(3,19)20/h4-9H,1-3H3. The summed E-state index contributed by atoms with van der Waals surface area (Å²) < 4.78 is 25.4. The van der Waals surface area contributed by atoms with Crippen LogP contribution >= 0.6 is 15.9 Å². The van der Waals surface area contributed by atoms with Gasteiger partial charge in [0, 0.05) is 17.9 Å². The van der Waals surface area contributed by atoms with Gasteiger partial charge >= 0.3 is 0 Å². The van der Waals surface area contributed by atoms with Crippen molar-refractivity contribution in [2.75, 3.05) is 6.26 Å². The molecular weight excluding hydrogens is 356 g/mol. The van der Waals surface area contributed by atoms with Gasteiger partial charge in [-0.1, -0.05) is 12.1 Å². The molecule has 1 aromatic carbocycles. The van der Waals surface area contributed by atoms with E-state index < -0.39 is 9.84 Å². The van der Waals surface area contributed by atoms with Crippen LogP contribution in [0.15, 0.2) is 39.8 Å². The van der Waals surface area contributed by atoms with Gasteiger partial charge in [0.25, 0.3) is 0 Å². The average Bonchev–Trinajstić information content (AvgIpc) is 2.79. The first kappa shape index (κ1) is 15.9. The van der Waals surface area contributed by atoms with E-state index in [0.717, 1.165) is 6.26 Å². The summed E-state index contributed by atoms with van der Waals surface area (Å²) in [6.07, 6.45) is 2.68. The Morgan fingerprint density at radius 2 is 2.00 bits per heavy atom. The van der Waals surface area contributed by atoms with Gasteiger partial charge in [-0.25, -0.2) is 8.42 Å². The van der Waals surface area contributed by atoms with Crippen molar-refractivity contribution in [3.8, 4) is 0 Å². The summed E-state index contributed by atoms with van der Waals surface area (Å²) in [5, 5.41) is 4.16. The molecular formula is C14H15BrN2O3S. The maximum atomic E-state index is 12.6. The lowest BCUT2D eigenvalue weighted by Gasteiger charge is -2.11. The third-order valence-corrected chi connectivity index (χ3v) is 4.67. The topological polar surface area (TPSA) is 69.0 Å². The molecule has 2 rings (SSSR count). The van der Waals surface area contributed by atoms with Crippen LogP contribution in [-0.2, 0) is 9.84 Å². The summed E-state index contributed by atoms with van der Waals surface area (Å²) in [6, 6.07) is 6.05. The fourth-order valence-electron chi connectivity index (χ4n) is 1.95. The quantitative estimate of drug-likeness (QED) is 0.775. The van der Waals surface area contributed by atoms with E-state index >= 15 is 0 Å². The maximum Gasteiger partial charge on any atom is 0.212 e. The van der Waals surface area contributed by atoms with E-state index in [2.05, 4.69) is 21.0 Å². The van der Waals surface area contributed by atoms with Gasteiger partial charge in [-0.3, -0.25) is 9.48 Å². The summed E-state index contributed by atoms with van der Waals surface area (Å²) in [7, 11) is -3.35. The van der Waals surface area contributed by atoms with Crippen molar-refractivity contribution >= 4 is 31.6 Å². The van der Waals surface area contributed by atoms with Crippen LogP contribution in [0, 0.1) is 0 Å². The molecule has 5 nitrogen and oxygen atoms in total. The van der Waals surface area contributed by atoms with Crippen LogP contribution in [0.3, 0.4) is 0 Å². The van der Waals surface area contributed by atoms with Crippen molar-refractivity contribution in [1.29, 1.82) is 0 Å². The maximum absolute atomic E-state index is 12.6. The third kappa shape index (κ3) is 3.24. The first-order valence-corrected chi connectivity index (χ1v) is 8.98. The fourth-order valence-corrected chi connectivity index (χ4v) is 3.07. The highest BCUT2D eigenvalue weighted by atomic mass is 79.9. The molecule has 0 amide bonds.